The van der Waals surface area contributed by atoms with E-state index >= 15 is 0 Å². The van der Waals surface area contributed by atoms with E-state index < -0.39 is 0 Å². The number of carbonyl (C=O) groups excluding carboxylic acids is 2. The third-order valence-corrected chi connectivity index (χ3v) is 7.21. The van der Waals surface area contributed by atoms with E-state index in [0.717, 1.165) is 18.1 Å². The fraction of sp³-hybridized carbons (Fsp3) is 0.429. The number of furan rings is 1. The Kier molecular flexibility index (Phi) is 8.22. The van der Waals surface area contributed by atoms with Crippen LogP contribution >= 0.6 is 11.8 Å². The van der Waals surface area contributed by atoms with Crippen molar-refractivity contribution in [2.75, 3.05) is 38.1 Å². The van der Waals surface area contributed by atoms with Crippen molar-refractivity contribution in [3.05, 3.63) is 71.3 Å². The Morgan fingerprint density at radius 1 is 1.00 bits per heavy atom. The van der Waals surface area contributed by atoms with Crippen molar-refractivity contribution in [2.45, 2.75) is 50.6 Å². The van der Waals surface area contributed by atoms with Gasteiger partial charge in [0.2, 0.25) is 5.91 Å². The van der Waals surface area contributed by atoms with Gasteiger partial charge in [0.1, 0.15) is 11.6 Å². The summed E-state index contributed by atoms with van der Waals surface area (Å²) in [6.07, 6.45) is 0. The van der Waals surface area contributed by atoms with E-state index in [2.05, 4.69) is 43.9 Å². The molecule has 8 nitrogen and oxygen atoms in total. The van der Waals surface area contributed by atoms with Crippen LogP contribution in [-0.2, 0) is 22.5 Å². The average Bonchev–Trinajstić information content (AvgIpc) is 3.36. The lowest BCUT2D eigenvalue weighted by Crippen LogP contribution is -2.50. The lowest BCUT2D eigenvalue weighted by molar-refractivity contribution is -0.130. The highest BCUT2D eigenvalue weighted by molar-refractivity contribution is 7.98. The largest absolute Gasteiger partial charge is 0.455 e. The normalized spacial score (nSPS) is 14.1. The van der Waals surface area contributed by atoms with Gasteiger partial charge in [-0.1, -0.05) is 62.9 Å². The molecule has 2 amide bonds. The van der Waals surface area contributed by atoms with Crippen LogP contribution in [0.25, 0.3) is 0 Å². The number of benzene rings is 1. The second-order valence-electron chi connectivity index (χ2n) is 10.3. The van der Waals surface area contributed by atoms with Crippen LogP contribution in [0.4, 0.5) is 5.82 Å². The number of aromatic nitrogens is 2. The van der Waals surface area contributed by atoms with Gasteiger partial charge in [-0.3, -0.25) is 9.59 Å². The van der Waals surface area contributed by atoms with E-state index in [9.17, 15) is 9.59 Å². The van der Waals surface area contributed by atoms with Crippen LogP contribution < -0.4 is 4.90 Å². The van der Waals surface area contributed by atoms with Crippen LogP contribution in [0.1, 0.15) is 55.3 Å². The maximum atomic E-state index is 12.9. The van der Waals surface area contributed by atoms with Crippen LogP contribution in [-0.4, -0.2) is 64.8 Å². The molecule has 3 aromatic rings. The molecule has 9 heteroatoms. The van der Waals surface area contributed by atoms with Crippen LogP contribution in [0.5, 0.6) is 0 Å². The minimum absolute atomic E-state index is 0.0385. The summed E-state index contributed by atoms with van der Waals surface area (Å²) in [6, 6.07) is 15.9. The molecule has 1 aromatic carbocycles. The van der Waals surface area contributed by atoms with Crippen molar-refractivity contribution < 1.29 is 14.0 Å². The summed E-state index contributed by atoms with van der Waals surface area (Å²) in [5.41, 5.74) is 2.06. The zero-order chi connectivity index (χ0) is 26.6. The summed E-state index contributed by atoms with van der Waals surface area (Å²) >= 11 is 1.49. The summed E-state index contributed by atoms with van der Waals surface area (Å²) in [4.78, 5) is 39.7. The molecule has 37 heavy (non-hydrogen) atoms. The van der Waals surface area contributed by atoms with Crippen molar-refractivity contribution >= 4 is 29.4 Å². The van der Waals surface area contributed by atoms with Crippen molar-refractivity contribution in [1.82, 2.24) is 19.8 Å². The summed E-state index contributed by atoms with van der Waals surface area (Å²) < 4.78 is 5.89. The van der Waals surface area contributed by atoms with E-state index in [-0.39, 0.29) is 17.2 Å². The summed E-state index contributed by atoms with van der Waals surface area (Å²) in [7, 11) is 2.04. The predicted molar refractivity (Wildman–Crippen MR) is 146 cm³/mol. The molecule has 3 heterocycles. The van der Waals surface area contributed by atoms with Gasteiger partial charge in [0, 0.05) is 58.2 Å². The summed E-state index contributed by atoms with van der Waals surface area (Å²) in [5.74, 6) is 2.29. The third-order valence-electron chi connectivity index (χ3n) is 6.34. The molecule has 0 aliphatic carbocycles. The molecule has 0 radical (unpaired) electrons. The number of thioether (sulfide) groups is 1. The van der Waals surface area contributed by atoms with E-state index in [4.69, 9.17) is 14.4 Å². The topological polar surface area (TPSA) is 82.8 Å². The van der Waals surface area contributed by atoms with Gasteiger partial charge >= 0.3 is 0 Å². The van der Waals surface area contributed by atoms with Gasteiger partial charge in [-0.15, -0.1) is 0 Å². The first-order chi connectivity index (χ1) is 17.6. The quantitative estimate of drug-likeness (QED) is 0.332. The molecule has 0 unspecified atom stereocenters. The summed E-state index contributed by atoms with van der Waals surface area (Å²) in [5, 5.41) is 0.673. The van der Waals surface area contributed by atoms with Gasteiger partial charge in [-0.2, -0.15) is 0 Å². The molecule has 1 fully saturated rings. The van der Waals surface area contributed by atoms with E-state index in [0.29, 0.717) is 48.6 Å². The number of rotatable bonds is 7. The lowest BCUT2D eigenvalue weighted by atomic mass is 9.92. The smallest absolute Gasteiger partial charge is 0.289 e. The average molecular weight is 522 g/mol. The number of hydrogen-bond acceptors (Lipinski definition) is 7. The second-order valence-corrected chi connectivity index (χ2v) is 11.3. The molecule has 0 N–H and O–H groups in total. The fourth-order valence-electron chi connectivity index (χ4n) is 4.08. The Bertz CT molecular complexity index is 1230. The van der Waals surface area contributed by atoms with E-state index in [1.54, 1.807) is 22.8 Å². The Morgan fingerprint density at radius 2 is 1.68 bits per heavy atom. The minimum Gasteiger partial charge on any atom is -0.455 e. The monoisotopic (exact) mass is 521 g/mol. The maximum absolute atomic E-state index is 12.9. The first-order valence-corrected chi connectivity index (χ1v) is 13.5. The molecule has 2 aromatic heterocycles. The molecule has 4 rings (SSSR count). The van der Waals surface area contributed by atoms with Crippen molar-refractivity contribution in [2.24, 2.45) is 0 Å². The lowest BCUT2D eigenvalue weighted by Gasteiger charge is -2.33. The molecule has 1 aliphatic rings. The number of hydrogen-bond donors (Lipinski definition) is 0. The molecule has 0 atom stereocenters. The molecular formula is C28H35N5O3S. The zero-order valence-corrected chi connectivity index (χ0v) is 23.0. The highest BCUT2D eigenvalue weighted by Gasteiger charge is 2.25. The third kappa shape index (κ3) is 6.91. The van der Waals surface area contributed by atoms with Gasteiger partial charge in [0.05, 0.1) is 11.4 Å². The molecule has 0 saturated carbocycles. The standard InChI is InChI=1S/C28H35N5O3S/c1-20(34)32-13-15-33(16-14-32)26(35)23-12-11-22(36-23)19-37-27-29-24(28(2,3)4)17-25(30-27)31(5)18-21-9-7-6-8-10-21/h6-12,17H,13-16,18-19H2,1-5H3. The van der Waals surface area contributed by atoms with Crippen LogP contribution in [0, 0.1) is 0 Å². The Labute approximate surface area is 223 Å². The Hall–Kier alpha value is -3.33. The number of carbonyl (C=O) groups is 2. The van der Waals surface area contributed by atoms with Crippen LogP contribution in [0.2, 0.25) is 0 Å². The van der Waals surface area contributed by atoms with Crippen LogP contribution in [0.3, 0.4) is 0 Å². The van der Waals surface area contributed by atoms with Gasteiger partial charge in [0.15, 0.2) is 10.9 Å². The Balaban J connectivity index is 1.43. The number of nitrogens with zero attached hydrogens (tertiary/aromatic N) is 5. The van der Waals surface area contributed by atoms with Crippen molar-refractivity contribution in [3.8, 4) is 0 Å². The van der Waals surface area contributed by atoms with Gasteiger partial charge in [-0.05, 0) is 17.7 Å². The van der Waals surface area contributed by atoms with Gasteiger partial charge in [0.25, 0.3) is 5.91 Å². The SMILES string of the molecule is CC(=O)N1CCN(C(=O)c2ccc(CSc3nc(N(C)Cc4ccccc4)cc(C(C)(C)C)n3)o2)CC1. The molecule has 0 bridgehead atoms. The maximum Gasteiger partial charge on any atom is 0.289 e. The first-order valence-electron chi connectivity index (χ1n) is 12.5. The summed E-state index contributed by atoms with van der Waals surface area (Å²) in [6.45, 7) is 10.9. The first kappa shape index (κ1) is 26.7. The van der Waals surface area contributed by atoms with E-state index in [1.807, 2.05) is 31.3 Å². The highest BCUT2D eigenvalue weighted by Crippen LogP contribution is 2.29. The number of amides is 2. The Morgan fingerprint density at radius 3 is 2.32 bits per heavy atom. The highest BCUT2D eigenvalue weighted by atomic mass is 32.2. The van der Waals surface area contributed by atoms with Crippen molar-refractivity contribution in [3.63, 3.8) is 0 Å². The zero-order valence-electron chi connectivity index (χ0n) is 22.2. The molecule has 1 saturated heterocycles. The predicted octanol–water partition coefficient (Wildman–Crippen LogP) is 4.60. The number of piperazine rings is 1. The van der Waals surface area contributed by atoms with Crippen LogP contribution in [0.15, 0.2) is 58.1 Å². The van der Waals surface area contributed by atoms with Gasteiger partial charge < -0.3 is 19.1 Å². The molecule has 196 valence electrons. The fourth-order valence-corrected chi connectivity index (χ4v) is 4.83. The second kappa shape index (κ2) is 11.4. The van der Waals surface area contributed by atoms with E-state index in [1.165, 1.54) is 17.3 Å². The van der Waals surface area contributed by atoms with Gasteiger partial charge in [-0.25, -0.2) is 9.97 Å². The molecular weight excluding hydrogens is 486 g/mol. The minimum atomic E-state index is -0.143. The number of anilines is 1. The van der Waals surface area contributed by atoms with Crippen molar-refractivity contribution in [1.29, 1.82) is 0 Å². The molecule has 0 spiro atoms. The molecule has 1 aliphatic heterocycles.